The van der Waals surface area contributed by atoms with E-state index in [0.717, 1.165) is 0 Å². The molecule has 46 valence electrons. The molecule has 0 aromatic heterocycles. The maximum atomic E-state index is 8.27. The van der Waals surface area contributed by atoms with Crippen molar-refractivity contribution in [3.05, 3.63) is 0 Å². The molecular formula is C3H11KO3Si. The quantitative estimate of drug-likeness (QED) is 0.368. The first kappa shape index (κ1) is 12.4. The molecule has 0 spiro atoms. The molecule has 0 unspecified atom stereocenters. The summed E-state index contributed by atoms with van der Waals surface area (Å²) in [6.07, 6.45) is 0.621. The SMILES string of the molecule is CCC[Si](O)(O)O.[H-].[K+]. The Hall–Kier alpha value is 1.73. The topological polar surface area (TPSA) is 60.7 Å². The molecule has 8 heavy (non-hydrogen) atoms. The molecule has 0 radical (unpaired) electrons. The van der Waals surface area contributed by atoms with Crippen LogP contribution in [0.2, 0.25) is 6.04 Å². The van der Waals surface area contributed by atoms with Crippen LogP contribution in [0.5, 0.6) is 0 Å². The van der Waals surface area contributed by atoms with Crippen molar-refractivity contribution in [1.29, 1.82) is 0 Å². The van der Waals surface area contributed by atoms with E-state index >= 15 is 0 Å². The predicted molar refractivity (Wildman–Crippen MR) is 28.6 cm³/mol. The summed E-state index contributed by atoms with van der Waals surface area (Å²) in [5, 5.41) is 0. The van der Waals surface area contributed by atoms with Gasteiger partial charge in [-0.05, 0) is 0 Å². The standard InChI is InChI=1S/C3H10O3Si.K.H/c1-2-3-7(4,5)6;;/h4-6H,2-3H2,1H3;;/q;+1;-1. The van der Waals surface area contributed by atoms with Gasteiger partial charge in [-0.1, -0.05) is 13.3 Å². The van der Waals surface area contributed by atoms with Gasteiger partial charge in [-0.3, -0.25) is 0 Å². The molecular weight excluding hydrogens is 151 g/mol. The Morgan fingerprint density at radius 3 is 1.75 bits per heavy atom. The summed E-state index contributed by atoms with van der Waals surface area (Å²) in [6.45, 7) is 1.78. The van der Waals surface area contributed by atoms with Crippen molar-refractivity contribution in [2.75, 3.05) is 0 Å². The summed E-state index contributed by atoms with van der Waals surface area (Å²) < 4.78 is 0. The Bertz CT molecular complexity index is 57.5. The minimum atomic E-state index is -3.66. The molecule has 0 aliphatic heterocycles. The van der Waals surface area contributed by atoms with Gasteiger partial charge in [-0.2, -0.15) is 0 Å². The zero-order chi connectivity index (χ0) is 5.91. The molecule has 5 heteroatoms. The molecule has 0 amide bonds. The van der Waals surface area contributed by atoms with Gasteiger partial charge in [-0.15, -0.1) is 0 Å². The van der Waals surface area contributed by atoms with E-state index in [1.54, 1.807) is 6.92 Å². The molecule has 0 atom stereocenters. The largest absolute Gasteiger partial charge is 1.00 e. The molecule has 0 aliphatic carbocycles. The monoisotopic (exact) mass is 162 g/mol. The van der Waals surface area contributed by atoms with Crippen molar-refractivity contribution in [2.24, 2.45) is 0 Å². The van der Waals surface area contributed by atoms with Crippen LogP contribution in [0.4, 0.5) is 0 Å². The Labute approximate surface area is 94.0 Å². The minimum absolute atomic E-state index is 0. The van der Waals surface area contributed by atoms with Crippen molar-refractivity contribution >= 4 is 8.80 Å². The molecule has 0 aliphatic rings. The minimum Gasteiger partial charge on any atom is -1.00 e. The fourth-order valence-electron chi connectivity index (χ4n) is 0.335. The first-order valence-corrected chi connectivity index (χ1v) is 4.28. The average Bonchev–Trinajstić information content (AvgIpc) is 1.30. The Kier molecular flexibility index (Phi) is 8.55. The molecule has 0 saturated carbocycles. The summed E-state index contributed by atoms with van der Waals surface area (Å²) >= 11 is 0. The first-order valence-electron chi connectivity index (χ1n) is 2.23. The van der Waals surface area contributed by atoms with Crippen LogP contribution >= 0.6 is 0 Å². The fourth-order valence-corrected chi connectivity index (χ4v) is 1.01. The number of hydrogen-bond acceptors (Lipinski definition) is 3. The van der Waals surface area contributed by atoms with Crippen LogP contribution in [0.3, 0.4) is 0 Å². The number of rotatable bonds is 2. The Morgan fingerprint density at radius 2 is 1.75 bits per heavy atom. The van der Waals surface area contributed by atoms with E-state index in [1.807, 2.05) is 0 Å². The van der Waals surface area contributed by atoms with Gasteiger partial charge >= 0.3 is 60.2 Å². The molecule has 0 aromatic rings. The van der Waals surface area contributed by atoms with Crippen LogP contribution < -0.4 is 51.4 Å². The van der Waals surface area contributed by atoms with E-state index in [2.05, 4.69) is 0 Å². The molecule has 0 bridgehead atoms. The first-order chi connectivity index (χ1) is 3.06. The maximum Gasteiger partial charge on any atom is 1.00 e. The van der Waals surface area contributed by atoms with Gasteiger partial charge in [0.15, 0.2) is 0 Å². The second-order valence-electron chi connectivity index (χ2n) is 1.52. The van der Waals surface area contributed by atoms with E-state index in [1.165, 1.54) is 0 Å². The summed E-state index contributed by atoms with van der Waals surface area (Å²) in [6, 6.07) is 0.146. The van der Waals surface area contributed by atoms with Crippen LogP contribution in [-0.4, -0.2) is 23.2 Å². The van der Waals surface area contributed by atoms with Gasteiger partial charge < -0.3 is 15.8 Å². The van der Waals surface area contributed by atoms with Gasteiger partial charge in [0.05, 0.1) is 0 Å². The molecule has 0 fully saturated rings. The third kappa shape index (κ3) is 10.7. The zero-order valence-electron chi connectivity index (χ0n) is 6.26. The second-order valence-corrected chi connectivity index (χ2v) is 3.57. The van der Waals surface area contributed by atoms with E-state index in [4.69, 9.17) is 14.4 Å². The van der Waals surface area contributed by atoms with Crippen LogP contribution in [0, 0.1) is 0 Å². The zero-order valence-corrected chi connectivity index (χ0v) is 9.38. The molecule has 3 N–H and O–H groups in total. The predicted octanol–water partition coefficient (Wildman–Crippen LogP) is -3.57. The Balaban J connectivity index is -0.000000180. The van der Waals surface area contributed by atoms with Gasteiger partial charge in [0.25, 0.3) is 0 Å². The fraction of sp³-hybridized carbons (Fsp3) is 1.00. The van der Waals surface area contributed by atoms with E-state index < -0.39 is 8.80 Å². The third-order valence-electron chi connectivity index (χ3n) is 0.585. The van der Waals surface area contributed by atoms with E-state index in [-0.39, 0.29) is 58.9 Å². The van der Waals surface area contributed by atoms with Crippen molar-refractivity contribution in [3.8, 4) is 0 Å². The molecule has 0 saturated heterocycles. The molecule has 3 nitrogen and oxygen atoms in total. The van der Waals surface area contributed by atoms with Gasteiger partial charge in [0, 0.05) is 6.04 Å². The van der Waals surface area contributed by atoms with E-state index in [0.29, 0.717) is 6.42 Å². The van der Waals surface area contributed by atoms with Crippen LogP contribution in [0.15, 0.2) is 0 Å². The van der Waals surface area contributed by atoms with Crippen molar-refractivity contribution < 1.29 is 67.2 Å². The van der Waals surface area contributed by atoms with Crippen molar-refractivity contribution in [2.45, 2.75) is 19.4 Å². The summed E-state index contributed by atoms with van der Waals surface area (Å²) in [5.74, 6) is 0. The summed E-state index contributed by atoms with van der Waals surface area (Å²) in [5.41, 5.74) is 0. The second kappa shape index (κ2) is 5.51. The third-order valence-corrected chi connectivity index (χ3v) is 1.76. The summed E-state index contributed by atoms with van der Waals surface area (Å²) in [7, 11) is -3.66. The van der Waals surface area contributed by atoms with Crippen LogP contribution in [0.25, 0.3) is 0 Å². The van der Waals surface area contributed by atoms with Gasteiger partial charge in [-0.25, -0.2) is 0 Å². The molecule has 0 rings (SSSR count). The Morgan fingerprint density at radius 1 is 1.38 bits per heavy atom. The smallest absolute Gasteiger partial charge is 1.00 e. The van der Waals surface area contributed by atoms with Crippen molar-refractivity contribution in [1.82, 2.24) is 0 Å². The average molecular weight is 162 g/mol. The molecule has 0 aromatic carbocycles. The summed E-state index contributed by atoms with van der Waals surface area (Å²) in [4.78, 5) is 24.8. The van der Waals surface area contributed by atoms with Crippen LogP contribution in [0.1, 0.15) is 14.8 Å². The molecule has 0 heterocycles. The van der Waals surface area contributed by atoms with Gasteiger partial charge in [0.1, 0.15) is 0 Å². The normalized spacial score (nSPS) is 10.5. The van der Waals surface area contributed by atoms with Gasteiger partial charge in [0.2, 0.25) is 0 Å². The van der Waals surface area contributed by atoms with Crippen molar-refractivity contribution in [3.63, 3.8) is 0 Å². The maximum absolute atomic E-state index is 8.27. The van der Waals surface area contributed by atoms with E-state index in [9.17, 15) is 0 Å². The number of hydrogen-bond donors (Lipinski definition) is 3. The van der Waals surface area contributed by atoms with Crippen LogP contribution in [-0.2, 0) is 0 Å².